The molecule has 1 aromatic carbocycles. The van der Waals surface area contributed by atoms with Gasteiger partial charge in [-0.15, -0.1) is 0 Å². The van der Waals surface area contributed by atoms with Gasteiger partial charge in [-0.2, -0.15) is 0 Å². The third-order valence-corrected chi connectivity index (χ3v) is 4.63. The zero-order valence-electron chi connectivity index (χ0n) is 13.7. The number of anilines is 1. The molecule has 1 aliphatic carbocycles. The number of ether oxygens (including phenoxy) is 3. The third kappa shape index (κ3) is 3.14. The number of nitrogens with zero attached hydrogens (tertiary/aromatic N) is 1. The molecule has 0 aromatic heterocycles. The summed E-state index contributed by atoms with van der Waals surface area (Å²) in [7, 11) is 1.64. The van der Waals surface area contributed by atoms with Gasteiger partial charge in [0.25, 0.3) is 0 Å². The lowest BCUT2D eigenvalue weighted by molar-refractivity contribution is -0.188. The van der Waals surface area contributed by atoms with E-state index in [4.69, 9.17) is 19.9 Å². The Morgan fingerprint density at radius 1 is 1.52 bits per heavy atom. The molecule has 3 atom stereocenters. The fraction of sp³-hybridized carbons (Fsp3) is 0.588. The van der Waals surface area contributed by atoms with Crippen LogP contribution in [0, 0.1) is 0 Å². The van der Waals surface area contributed by atoms with Gasteiger partial charge >= 0.3 is 0 Å². The molecule has 1 aliphatic heterocycles. The maximum Gasteiger partial charge on any atom is 0.193 e. The van der Waals surface area contributed by atoms with Crippen molar-refractivity contribution in [3.8, 4) is 5.75 Å². The number of guanidine groups is 1. The quantitative estimate of drug-likeness (QED) is 0.642. The van der Waals surface area contributed by atoms with Crippen LogP contribution in [0.15, 0.2) is 29.3 Å². The predicted molar refractivity (Wildman–Crippen MR) is 90.0 cm³/mol. The van der Waals surface area contributed by atoms with Crippen molar-refractivity contribution in [3.05, 3.63) is 24.3 Å². The Hall–Kier alpha value is -1.79. The Labute approximate surface area is 137 Å². The molecule has 0 bridgehead atoms. The van der Waals surface area contributed by atoms with E-state index >= 15 is 0 Å². The van der Waals surface area contributed by atoms with E-state index in [0.717, 1.165) is 37.3 Å². The molecule has 2 aliphatic rings. The summed E-state index contributed by atoms with van der Waals surface area (Å²) in [4.78, 5) is 4.64. The molecule has 1 aromatic rings. The van der Waals surface area contributed by atoms with E-state index in [1.54, 1.807) is 7.11 Å². The summed E-state index contributed by atoms with van der Waals surface area (Å²) in [5, 5.41) is 3.12. The van der Waals surface area contributed by atoms with Crippen LogP contribution in [0.5, 0.6) is 5.75 Å². The highest BCUT2D eigenvalue weighted by atomic mass is 16.6. The highest BCUT2D eigenvalue weighted by molar-refractivity contribution is 5.92. The number of benzene rings is 1. The van der Waals surface area contributed by atoms with Crippen molar-refractivity contribution in [2.45, 2.75) is 43.9 Å². The van der Waals surface area contributed by atoms with Gasteiger partial charge in [0.05, 0.1) is 19.3 Å². The molecule has 3 rings (SSSR count). The average molecular weight is 319 g/mol. The highest BCUT2D eigenvalue weighted by Gasteiger charge is 2.59. The minimum Gasteiger partial charge on any atom is -0.497 e. The van der Waals surface area contributed by atoms with Crippen LogP contribution < -0.4 is 15.8 Å². The lowest BCUT2D eigenvalue weighted by Gasteiger charge is -2.50. The summed E-state index contributed by atoms with van der Waals surface area (Å²) < 4.78 is 17.0. The number of aliphatic imine (C=N–C) groups is 1. The molecular weight excluding hydrogens is 294 g/mol. The van der Waals surface area contributed by atoms with E-state index in [1.807, 2.05) is 31.2 Å². The number of hydrogen-bond acceptors (Lipinski definition) is 4. The van der Waals surface area contributed by atoms with Crippen LogP contribution in [0.4, 0.5) is 5.69 Å². The molecule has 1 saturated heterocycles. The molecular formula is C17H25N3O3. The van der Waals surface area contributed by atoms with Crippen LogP contribution in [0.2, 0.25) is 0 Å². The second-order valence-electron chi connectivity index (χ2n) is 5.97. The fourth-order valence-corrected chi connectivity index (χ4v) is 3.48. The number of nitrogens with one attached hydrogen (secondary N) is 1. The summed E-state index contributed by atoms with van der Waals surface area (Å²) in [5.41, 5.74) is 6.65. The number of hydrogen-bond donors (Lipinski definition) is 2. The molecule has 1 spiro atoms. The summed E-state index contributed by atoms with van der Waals surface area (Å²) in [5.74, 6) is 1.17. The van der Waals surface area contributed by atoms with E-state index in [0.29, 0.717) is 12.6 Å². The summed E-state index contributed by atoms with van der Waals surface area (Å²) in [6.07, 6.45) is 3.03. The van der Waals surface area contributed by atoms with Crippen molar-refractivity contribution >= 4 is 11.6 Å². The molecule has 6 heteroatoms. The molecule has 126 valence electrons. The van der Waals surface area contributed by atoms with Crippen LogP contribution >= 0.6 is 0 Å². The van der Waals surface area contributed by atoms with Crippen molar-refractivity contribution in [1.29, 1.82) is 0 Å². The lowest BCUT2D eigenvalue weighted by atomic mass is 9.70. The van der Waals surface area contributed by atoms with Crippen LogP contribution in [-0.4, -0.2) is 44.0 Å². The molecule has 1 heterocycles. The predicted octanol–water partition coefficient (Wildman–Crippen LogP) is 2.15. The molecule has 0 radical (unpaired) electrons. The Kier molecular flexibility index (Phi) is 4.73. The van der Waals surface area contributed by atoms with E-state index in [9.17, 15) is 0 Å². The number of rotatable bonds is 5. The first kappa shape index (κ1) is 16.1. The van der Waals surface area contributed by atoms with Gasteiger partial charge in [0.15, 0.2) is 5.96 Å². The SMILES string of the molecule is CCOC1CC(N=C(N)Nc2cccc(OC)c2)C12CCCO2. The average Bonchev–Trinajstić information content (AvgIpc) is 3.07. The van der Waals surface area contributed by atoms with Crippen LogP contribution in [0.25, 0.3) is 0 Å². The zero-order chi connectivity index (χ0) is 16.3. The van der Waals surface area contributed by atoms with Crippen LogP contribution in [-0.2, 0) is 9.47 Å². The Balaban J connectivity index is 1.68. The van der Waals surface area contributed by atoms with Gasteiger partial charge in [0.1, 0.15) is 11.4 Å². The van der Waals surface area contributed by atoms with Crippen molar-refractivity contribution in [1.82, 2.24) is 0 Å². The Morgan fingerprint density at radius 2 is 2.39 bits per heavy atom. The molecule has 6 nitrogen and oxygen atoms in total. The summed E-state index contributed by atoms with van der Waals surface area (Å²) >= 11 is 0. The van der Waals surface area contributed by atoms with Crippen molar-refractivity contribution in [2.24, 2.45) is 10.7 Å². The molecule has 0 amide bonds. The van der Waals surface area contributed by atoms with Gasteiger partial charge in [-0.05, 0) is 31.9 Å². The second kappa shape index (κ2) is 6.76. The maximum atomic E-state index is 6.08. The topological polar surface area (TPSA) is 78.1 Å². The first-order chi connectivity index (χ1) is 11.2. The lowest BCUT2D eigenvalue weighted by Crippen LogP contribution is -2.63. The normalized spacial score (nSPS) is 30.3. The number of methoxy groups -OCH3 is 1. The molecule has 3 unspecified atom stereocenters. The first-order valence-electron chi connectivity index (χ1n) is 8.18. The van der Waals surface area contributed by atoms with E-state index in [-0.39, 0.29) is 17.7 Å². The molecule has 3 N–H and O–H groups in total. The summed E-state index contributed by atoms with van der Waals surface area (Å²) in [6.45, 7) is 3.49. The first-order valence-corrected chi connectivity index (χ1v) is 8.18. The minimum absolute atomic E-state index is 0.0552. The van der Waals surface area contributed by atoms with Gasteiger partial charge in [-0.1, -0.05) is 6.07 Å². The zero-order valence-corrected chi connectivity index (χ0v) is 13.7. The van der Waals surface area contributed by atoms with Gasteiger partial charge in [-0.25, -0.2) is 4.99 Å². The highest BCUT2D eigenvalue weighted by Crippen LogP contribution is 2.47. The monoisotopic (exact) mass is 319 g/mol. The Morgan fingerprint density at radius 3 is 3.09 bits per heavy atom. The summed E-state index contributed by atoms with van der Waals surface area (Å²) in [6, 6.07) is 7.66. The molecule has 2 fully saturated rings. The molecule has 23 heavy (non-hydrogen) atoms. The third-order valence-electron chi connectivity index (χ3n) is 4.63. The largest absolute Gasteiger partial charge is 0.497 e. The molecule has 1 saturated carbocycles. The van der Waals surface area contributed by atoms with Crippen molar-refractivity contribution in [2.75, 3.05) is 25.6 Å². The maximum absolute atomic E-state index is 6.08. The van der Waals surface area contributed by atoms with Gasteiger partial charge < -0.3 is 25.3 Å². The van der Waals surface area contributed by atoms with Crippen LogP contribution in [0.1, 0.15) is 26.2 Å². The van der Waals surface area contributed by atoms with Gasteiger partial charge in [-0.3, -0.25) is 0 Å². The van der Waals surface area contributed by atoms with E-state index in [1.165, 1.54) is 0 Å². The second-order valence-corrected chi connectivity index (χ2v) is 5.97. The van der Waals surface area contributed by atoms with Crippen molar-refractivity contribution in [3.63, 3.8) is 0 Å². The van der Waals surface area contributed by atoms with Gasteiger partial charge in [0.2, 0.25) is 0 Å². The standard InChI is InChI=1S/C17H25N3O3/c1-3-22-15-11-14(17(15)8-5-9-23-17)20-16(18)19-12-6-4-7-13(10-12)21-2/h4,6-7,10,14-15H,3,5,8-9,11H2,1-2H3,(H3,18,19,20). The van der Waals surface area contributed by atoms with E-state index < -0.39 is 0 Å². The van der Waals surface area contributed by atoms with Crippen molar-refractivity contribution < 1.29 is 14.2 Å². The number of nitrogens with two attached hydrogens (primary N) is 1. The van der Waals surface area contributed by atoms with Gasteiger partial charge in [0, 0.05) is 31.4 Å². The Bertz CT molecular complexity index is 570. The minimum atomic E-state index is -0.281. The fourth-order valence-electron chi connectivity index (χ4n) is 3.48. The smallest absolute Gasteiger partial charge is 0.193 e. The van der Waals surface area contributed by atoms with E-state index in [2.05, 4.69) is 10.3 Å². The van der Waals surface area contributed by atoms with Crippen LogP contribution in [0.3, 0.4) is 0 Å².